The summed E-state index contributed by atoms with van der Waals surface area (Å²) in [5.41, 5.74) is 0.924. The van der Waals surface area contributed by atoms with Crippen molar-refractivity contribution in [3.05, 3.63) is 35.0 Å². The quantitative estimate of drug-likeness (QED) is 0.807. The van der Waals surface area contributed by atoms with Crippen LogP contribution < -0.4 is 10.5 Å². The third-order valence-corrected chi connectivity index (χ3v) is 3.61. The van der Waals surface area contributed by atoms with Crippen LogP contribution in [0.2, 0.25) is 0 Å². The molecule has 3 rings (SSSR count). The summed E-state index contributed by atoms with van der Waals surface area (Å²) in [6, 6.07) is 5.18. The van der Waals surface area contributed by atoms with Crippen molar-refractivity contribution in [2.75, 3.05) is 11.4 Å². The maximum Gasteiger partial charge on any atom is 0.255 e. The number of hydrogen-bond acceptors (Lipinski definition) is 6. The molecule has 1 fully saturated rings. The Hall–Kier alpha value is -2.75. The molecule has 106 valence electrons. The number of rotatable bonds is 2. The predicted molar refractivity (Wildman–Crippen MR) is 76.5 cm³/mol. The molecule has 0 N–H and O–H groups in total. The molecule has 1 aliphatic rings. The molecule has 0 radical (unpaired) electrons. The Morgan fingerprint density at radius 3 is 3.00 bits per heavy atom. The van der Waals surface area contributed by atoms with Crippen molar-refractivity contribution in [2.24, 2.45) is 7.05 Å². The molecular weight excluding hydrogens is 268 g/mol. The van der Waals surface area contributed by atoms with Crippen molar-refractivity contribution < 1.29 is 0 Å². The highest BCUT2D eigenvalue weighted by Gasteiger charge is 2.27. The molecule has 0 unspecified atom stereocenters. The molecule has 7 heteroatoms. The molecule has 1 aliphatic heterocycles. The number of nitriles is 1. The molecule has 0 saturated carbocycles. The van der Waals surface area contributed by atoms with E-state index in [0.29, 0.717) is 17.3 Å². The van der Waals surface area contributed by atoms with E-state index in [0.717, 1.165) is 19.4 Å². The number of anilines is 1. The van der Waals surface area contributed by atoms with Crippen LogP contribution in [0.5, 0.6) is 0 Å². The SMILES string of the molecule is Cn1c(N2CCC[C@@H]2C#N)nc(-c2ccncn2)cc1=O. The van der Waals surface area contributed by atoms with Crippen LogP contribution in [0.1, 0.15) is 12.8 Å². The topological polar surface area (TPSA) is 87.7 Å². The van der Waals surface area contributed by atoms with Crippen LogP contribution in [0.25, 0.3) is 11.4 Å². The Morgan fingerprint density at radius 1 is 1.43 bits per heavy atom. The standard InChI is InChI=1S/C14H14N6O/c1-19-13(21)7-12(11-4-5-16-9-17-11)18-14(19)20-6-2-3-10(20)8-15/h4-5,7,9-10H,2-3,6H2,1H3/t10-/m1/s1. The fraction of sp³-hybridized carbons (Fsp3) is 0.357. The molecule has 1 atom stereocenters. The molecule has 3 heterocycles. The molecule has 7 nitrogen and oxygen atoms in total. The Kier molecular flexibility index (Phi) is 3.36. The van der Waals surface area contributed by atoms with Crippen LogP contribution >= 0.6 is 0 Å². The number of hydrogen-bond donors (Lipinski definition) is 0. The smallest absolute Gasteiger partial charge is 0.255 e. The van der Waals surface area contributed by atoms with Crippen LogP contribution in [-0.2, 0) is 7.05 Å². The zero-order valence-electron chi connectivity index (χ0n) is 11.6. The van der Waals surface area contributed by atoms with Gasteiger partial charge in [0.05, 0.1) is 17.5 Å². The first kappa shape index (κ1) is 13.2. The zero-order chi connectivity index (χ0) is 14.8. The van der Waals surface area contributed by atoms with Gasteiger partial charge in [-0.15, -0.1) is 0 Å². The number of aromatic nitrogens is 4. The van der Waals surface area contributed by atoms with Crippen molar-refractivity contribution in [3.63, 3.8) is 0 Å². The first-order chi connectivity index (χ1) is 10.2. The van der Waals surface area contributed by atoms with Gasteiger partial charge in [0.25, 0.3) is 5.56 Å². The van der Waals surface area contributed by atoms with Gasteiger partial charge in [-0.05, 0) is 18.9 Å². The van der Waals surface area contributed by atoms with E-state index in [1.54, 1.807) is 19.3 Å². The van der Waals surface area contributed by atoms with Gasteiger partial charge in [-0.3, -0.25) is 9.36 Å². The Bertz CT molecular complexity index is 748. The minimum Gasteiger partial charge on any atom is -0.326 e. The monoisotopic (exact) mass is 282 g/mol. The van der Waals surface area contributed by atoms with Gasteiger partial charge in [-0.1, -0.05) is 0 Å². The van der Waals surface area contributed by atoms with Gasteiger partial charge in [0.2, 0.25) is 5.95 Å². The maximum absolute atomic E-state index is 12.2. The molecule has 0 aromatic carbocycles. The van der Waals surface area contributed by atoms with Crippen LogP contribution in [-0.4, -0.2) is 32.1 Å². The molecule has 0 aliphatic carbocycles. The summed E-state index contributed by atoms with van der Waals surface area (Å²) in [6.07, 6.45) is 4.74. The van der Waals surface area contributed by atoms with E-state index >= 15 is 0 Å². The van der Waals surface area contributed by atoms with Gasteiger partial charge in [-0.25, -0.2) is 15.0 Å². The Balaban J connectivity index is 2.11. The minimum absolute atomic E-state index is 0.169. The number of nitrogens with zero attached hydrogens (tertiary/aromatic N) is 6. The second-order valence-electron chi connectivity index (χ2n) is 4.91. The van der Waals surface area contributed by atoms with E-state index in [2.05, 4.69) is 21.0 Å². The molecule has 1 saturated heterocycles. The first-order valence-electron chi connectivity index (χ1n) is 6.71. The average Bonchev–Trinajstić information content (AvgIpc) is 2.99. The first-order valence-corrected chi connectivity index (χ1v) is 6.71. The average molecular weight is 282 g/mol. The summed E-state index contributed by atoms with van der Waals surface area (Å²) in [6.45, 7) is 0.728. The molecule has 0 amide bonds. The highest BCUT2D eigenvalue weighted by Crippen LogP contribution is 2.24. The summed E-state index contributed by atoms with van der Waals surface area (Å²) in [4.78, 5) is 26.5. The summed E-state index contributed by atoms with van der Waals surface area (Å²) in [5, 5.41) is 9.22. The van der Waals surface area contributed by atoms with E-state index in [-0.39, 0.29) is 11.6 Å². The zero-order valence-corrected chi connectivity index (χ0v) is 11.6. The van der Waals surface area contributed by atoms with Gasteiger partial charge in [0.1, 0.15) is 12.4 Å². The third kappa shape index (κ3) is 2.36. The fourth-order valence-corrected chi connectivity index (χ4v) is 2.50. The lowest BCUT2D eigenvalue weighted by molar-refractivity contribution is 0.727. The minimum atomic E-state index is -0.233. The van der Waals surface area contributed by atoms with Gasteiger partial charge >= 0.3 is 0 Å². The second kappa shape index (κ2) is 5.32. The molecule has 2 aromatic rings. The van der Waals surface area contributed by atoms with Crippen molar-refractivity contribution in [1.82, 2.24) is 19.5 Å². The van der Waals surface area contributed by atoms with Crippen LogP contribution in [0.15, 0.2) is 29.5 Å². The predicted octanol–water partition coefficient (Wildman–Crippen LogP) is 0.730. The highest BCUT2D eigenvalue weighted by atomic mass is 16.1. The van der Waals surface area contributed by atoms with E-state index in [9.17, 15) is 10.1 Å². The Labute approximate surface area is 121 Å². The van der Waals surface area contributed by atoms with E-state index < -0.39 is 0 Å². The van der Waals surface area contributed by atoms with Crippen molar-refractivity contribution in [1.29, 1.82) is 5.26 Å². The lowest BCUT2D eigenvalue weighted by Crippen LogP contribution is -2.34. The van der Waals surface area contributed by atoms with E-state index in [1.807, 2.05) is 4.90 Å². The molecular formula is C14H14N6O. The summed E-state index contributed by atoms with van der Waals surface area (Å²) >= 11 is 0. The second-order valence-corrected chi connectivity index (χ2v) is 4.91. The highest BCUT2D eigenvalue weighted by molar-refractivity contribution is 5.55. The van der Waals surface area contributed by atoms with Crippen molar-refractivity contribution in [3.8, 4) is 17.5 Å². The van der Waals surface area contributed by atoms with Gasteiger partial charge in [0.15, 0.2) is 0 Å². The lowest BCUT2D eigenvalue weighted by Gasteiger charge is -2.23. The fourth-order valence-electron chi connectivity index (χ4n) is 2.50. The molecule has 0 bridgehead atoms. The Morgan fingerprint density at radius 2 is 2.29 bits per heavy atom. The lowest BCUT2D eigenvalue weighted by atomic mass is 10.2. The van der Waals surface area contributed by atoms with Crippen LogP contribution in [0, 0.1) is 11.3 Å². The van der Waals surface area contributed by atoms with Crippen LogP contribution in [0.4, 0.5) is 5.95 Å². The van der Waals surface area contributed by atoms with E-state index in [4.69, 9.17) is 0 Å². The van der Waals surface area contributed by atoms with Gasteiger partial charge in [0, 0.05) is 25.9 Å². The normalized spacial score (nSPS) is 17.7. The van der Waals surface area contributed by atoms with Crippen molar-refractivity contribution >= 4 is 5.95 Å². The third-order valence-electron chi connectivity index (χ3n) is 3.61. The van der Waals surface area contributed by atoms with Crippen LogP contribution in [0.3, 0.4) is 0 Å². The molecule has 0 spiro atoms. The van der Waals surface area contributed by atoms with E-state index in [1.165, 1.54) is 17.0 Å². The van der Waals surface area contributed by atoms with Crippen molar-refractivity contribution in [2.45, 2.75) is 18.9 Å². The largest absolute Gasteiger partial charge is 0.326 e. The summed E-state index contributed by atoms with van der Waals surface area (Å²) in [5.74, 6) is 0.514. The molecule has 2 aromatic heterocycles. The summed E-state index contributed by atoms with van der Waals surface area (Å²) < 4.78 is 1.47. The van der Waals surface area contributed by atoms with Gasteiger partial charge in [-0.2, -0.15) is 5.26 Å². The molecule has 21 heavy (non-hydrogen) atoms. The maximum atomic E-state index is 12.2. The van der Waals surface area contributed by atoms with Gasteiger partial charge < -0.3 is 4.90 Å². The summed E-state index contributed by atoms with van der Waals surface area (Å²) in [7, 11) is 1.67.